The summed E-state index contributed by atoms with van der Waals surface area (Å²) in [5.41, 5.74) is 2.23. The summed E-state index contributed by atoms with van der Waals surface area (Å²) in [5.74, 6) is 1.53. The van der Waals surface area contributed by atoms with Crippen LogP contribution in [0.15, 0.2) is 47.4 Å². The number of imidazole rings is 1. The molecule has 4 nitrogen and oxygen atoms in total. The molecule has 1 amide bonds. The Bertz CT molecular complexity index is 968. The first kappa shape index (κ1) is 21.4. The molecule has 0 saturated heterocycles. The Morgan fingerprint density at radius 2 is 1.86 bits per heavy atom. The number of nitrogens with zero attached hydrogens (tertiary/aromatic N) is 3. The van der Waals surface area contributed by atoms with E-state index >= 15 is 0 Å². The van der Waals surface area contributed by atoms with Crippen LogP contribution in [0.1, 0.15) is 49.8 Å². The van der Waals surface area contributed by atoms with Crippen LogP contribution in [-0.4, -0.2) is 32.7 Å². The van der Waals surface area contributed by atoms with Crippen molar-refractivity contribution in [1.29, 1.82) is 0 Å². The van der Waals surface area contributed by atoms with Crippen LogP contribution >= 0.6 is 11.8 Å². The van der Waals surface area contributed by atoms with E-state index in [0.717, 1.165) is 46.9 Å². The molecule has 2 aromatic carbocycles. The lowest BCUT2D eigenvalue weighted by Crippen LogP contribution is -2.32. The lowest BCUT2D eigenvalue weighted by atomic mass is 10.2. The van der Waals surface area contributed by atoms with Crippen molar-refractivity contribution < 1.29 is 9.18 Å². The summed E-state index contributed by atoms with van der Waals surface area (Å²) < 4.78 is 15.8. The molecule has 1 heterocycles. The van der Waals surface area contributed by atoms with Crippen LogP contribution in [0.3, 0.4) is 0 Å². The topological polar surface area (TPSA) is 38.1 Å². The van der Waals surface area contributed by atoms with Crippen LogP contribution < -0.4 is 0 Å². The highest BCUT2D eigenvalue weighted by atomic mass is 32.2. The van der Waals surface area contributed by atoms with E-state index in [-0.39, 0.29) is 11.7 Å². The number of thioether (sulfide) groups is 1. The third kappa shape index (κ3) is 4.99. The highest BCUT2D eigenvalue weighted by Crippen LogP contribution is 2.22. The molecule has 29 heavy (non-hydrogen) atoms. The van der Waals surface area contributed by atoms with Gasteiger partial charge in [0, 0.05) is 23.5 Å². The van der Waals surface area contributed by atoms with Gasteiger partial charge in [0.05, 0.1) is 17.6 Å². The van der Waals surface area contributed by atoms with Gasteiger partial charge in [-0.15, -0.1) is 11.8 Å². The van der Waals surface area contributed by atoms with E-state index in [1.54, 1.807) is 17.8 Å². The maximum absolute atomic E-state index is 13.8. The number of halogens is 1. The summed E-state index contributed by atoms with van der Waals surface area (Å²) in [7, 11) is 0. The molecule has 154 valence electrons. The summed E-state index contributed by atoms with van der Waals surface area (Å²) in [5, 5.41) is 0. The van der Waals surface area contributed by atoms with Crippen molar-refractivity contribution in [2.75, 3.05) is 12.3 Å². The van der Waals surface area contributed by atoms with Crippen LogP contribution in [0, 0.1) is 5.82 Å². The van der Waals surface area contributed by atoms with Gasteiger partial charge in [-0.2, -0.15) is 0 Å². The van der Waals surface area contributed by atoms with Crippen molar-refractivity contribution >= 4 is 28.7 Å². The Labute approximate surface area is 176 Å². The fourth-order valence-electron chi connectivity index (χ4n) is 3.48. The minimum Gasteiger partial charge on any atom is -0.331 e. The summed E-state index contributed by atoms with van der Waals surface area (Å²) in [6, 6.07) is 12.5. The quantitative estimate of drug-likeness (QED) is 0.419. The van der Waals surface area contributed by atoms with Gasteiger partial charge in [-0.3, -0.25) is 4.79 Å². The number of hydrogen-bond donors (Lipinski definition) is 0. The number of hydrogen-bond acceptors (Lipinski definition) is 3. The standard InChI is InChI=1S/C23H28FN3OS/c1-4-13-26(23(28)17-7-10-19(11-8-17)29-6-3)16-22-25-20-12-9-18(24)15-21(20)27(22)14-5-2/h7-12,15H,4-6,13-14,16H2,1-3H3. The molecule has 0 unspecified atom stereocenters. The smallest absolute Gasteiger partial charge is 0.254 e. The molecule has 0 aliphatic heterocycles. The molecule has 6 heteroatoms. The number of rotatable bonds is 9. The number of amides is 1. The number of carbonyl (C=O) groups excluding carboxylic acids is 1. The number of benzene rings is 2. The Hall–Kier alpha value is -2.34. The number of aromatic nitrogens is 2. The average molecular weight is 414 g/mol. The predicted octanol–water partition coefficient (Wildman–Crippen LogP) is 5.75. The van der Waals surface area contributed by atoms with Crippen LogP contribution in [-0.2, 0) is 13.1 Å². The first-order chi connectivity index (χ1) is 14.1. The molecular weight excluding hydrogens is 385 g/mol. The number of aryl methyl sites for hydroxylation is 1. The molecule has 0 atom stereocenters. The Balaban J connectivity index is 1.90. The first-order valence-corrected chi connectivity index (χ1v) is 11.2. The third-order valence-corrected chi connectivity index (χ3v) is 5.66. The van der Waals surface area contributed by atoms with Gasteiger partial charge in [-0.25, -0.2) is 9.37 Å². The van der Waals surface area contributed by atoms with Crippen molar-refractivity contribution in [2.45, 2.75) is 51.6 Å². The highest BCUT2D eigenvalue weighted by molar-refractivity contribution is 7.99. The summed E-state index contributed by atoms with van der Waals surface area (Å²) in [6.07, 6.45) is 1.77. The number of fused-ring (bicyclic) bond motifs is 1. The van der Waals surface area contributed by atoms with Crippen LogP contribution in [0.4, 0.5) is 4.39 Å². The van der Waals surface area contributed by atoms with Gasteiger partial charge in [0.15, 0.2) is 0 Å². The molecule has 0 N–H and O–H groups in total. The van der Waals surface area contributed by atoms with E-state index in [1.165, 1.54) is 12.1 Å². The fourth-order valence-corrected chi connectivity index (χ4v) is 4.14. The molecule has 0 saturated carbocycles. The molecule has 0 spiro atoms. The summed E-state index contributed by atoms with van der Waals surface area (Å²) in [6.45, 7) is 8.06. The van der Waals surface area contributed by atoms with Gasteiger partial charge in [0.25, 0.3) is 5.91 Å². The zero-order chi connectivity index (χ0) is 20.8. The second-order valence-electron chi connectivity index (χ2n) is 7.00. The maximum atomic E-state index is 13.8. The van der Waals surface area contributed by atoms with Gasteiger partial charge in [0.2, 0.25) is 0 Å². The average Bonchev–Trinajstić information content (AvgIpc) is 3.05. The molecule has 0 radical (unpaired) electrons. The van der Waals surface area contributed by atoms with Gasteiger partial charge in [-0.1, -0.05) is 20.8 Å². The third-order valence-electron chi connectivity index (χ3n) is 4.76. The minimum absolute atomic E-state index is 0.00110. The number of carbonyl (C=O) groups is 1. The highest BCUT2D eigenvalue weighted by Gasteiger charge is 2.19. The normalized spacial score (nSPS) is 11.2. The summed E-state index contributed by atoms with van der Waals surface area (Å²) >= 11 is 1.76. The lowest BCUT2D eigenvalue weighted by molar-refractivity contribution is 0.0737. The van der Waals surface area contributed by atoms with Crippen molar-refractivity contribution in [3.05, 3.63) is 59.7 Å². The van der Waals surface area contributed by atoms with E-state index < -0.39 is 0 Å². The van der Waals surface area contributed by atoms with Gasteiger partial charge < -0.3 is 9.47 Å². The SMILES string of the molecule is CCCN(Cc1nc2ccc(F)cc2n1CCC)C(=O)c1ccc(SCC)cc1. The molecule has 0 fully saturated rings. The van der Waals surface area contributed by atoms with Gasteiger partial charge in [-0.05, 0) is 61.1 Å². The van der Waals surface area contributed by atoms with Crippen LogP contribution in [0.5, 0.6) is 0 Å². The maximum Gasteiger partial charge on any atom is 0.254 e. The van der Waals surface area contributed by atoms with E-state index in [0.29, 0.717) is 18.7 Å². The van der Waals surface area contributed by atoms with E-state index in [2.05, 4.69) is 20.8 Å². The van der Waals surface area contributed by atoms with Gasteiger partial charge >= 0.3 is 0 Å². The molecule has 0 aliphatic carbocycles. The predicted molar refractivity (Wildman–Crippen MR) is 118 cm³/mol. The Morgan fingerprint density at radius 3 is 2.52 bits per heavy atom. The molecule has 0 bridgehead atoms. The summed E-state index contributed by atoms with van der Waals surface area (Å²) in [4.78, 5) is 20.9. The second-order valence-corrected chi connectivity index (χ2v) is 8.33. The van der Waals surface area contributed by atoms with Crippen molar-refractivity contribution in [3.63, 3.8) is 0 Å². The van der Waals surface area contributed by atoms with E-state index in [1.807, 2.05) is 33.7 Å². The Kier molecular flexibility index (Phi) is 7.31. The minimum atomic E-state index is -0.271. The second kappa shape index (κ2) is 9.92. The van der Waals surface area contributed by atoms with Crippen LogP contribution in [0.2, 0.25) is 0 Å². The molecule has 0 aliphatic rings. The van der Waals surface area contributed by atoms with E-state index in [9.17, 15) is 9.18 Å². The zero-order valence-electron chi connectivity index (χ0n) is 17.3. The van der Waals surface area contributed by atoms with Crippen LogP contribution in [0.25, 0.3) is 11.0 Å². The van der Waals surface area contributed by atoms with Crippen molar-refractivity contribution in [2.24, 2.45) is 0 Å². The zero-order valence-corrected chi connectivity index (χ0v) is 18.1. The van der Waals surface area contributed by atoms with Gasteiger partial charge in [0.1, 0.15) is 11.6 Å². The fraction of sp³-hybridized carbons (Fsp3) is 0.391. The molecule has 1 aromatic heterocycles. The molecular formula is C23H28FN3OS. The molecule has 3 aromatic rings. The largest absolute Gasteiger partial charge is 0.331 e. The van der Waals surface area contributed by atoms with Crippen molar-refractivity contribution in [3.8, 4) is 0 Å². The van der Waals surface area contributed by atoms with E-state index in [4.69, 9.17) is 4.98 Å². The molecule has 3 rings (SSSR count). The monoisotopic (exact) mass is 413 g/mol. The van der Waals surface area contributed by atoms with Crippen molar-refractivity contribution in [1.82, 2.24) is 14.5 Å². The first-order valence-electron chi connectivity index (χ1n) is 10.2. The lowest BCUT2D eigenvalue weighted by Gasteiger charge is -2.22. The Morgan fingerprint density at radius 1 is 1.10 bits per heavy atom.